The molecule has 7 nitrogen and oxygen atoms in total. The van der Waals surface area contributed by atoms with E-state index in [9.17, 15) is 4.79 Å². The Bertz CT molecular complexity index is 1070. The van der Waals surface area contributed by atoms with Gasteiger partial charge in [0.05, 0.1) is 24.1 Å². The number of thiophene rings is 1. The lowest BCUT2D eigenvalue weighted by Crippen LogP contribution is -2.14. The van der Waals surface area contributed by atoms with Crippen LogP contribution in [0.5, 0.6) is 5.75 Å². The Hall–Kier alpha value is -3.52. The molecule has 0 saturated carbocycles. The van der Waals surface area contributed by atoms with Gasteiger partial charge in [0.2, 0.25) is 5.91 Å². The van der Waals surface area contributed by atoms with Gasteiger partial charge in [-0.05, 0) is 41.3 Å². The van der Waals surface area contributed by atoms with Crippen LogP contribution < -0.4 is 10.1 Å². The first-order valence-electron chi connectivity index (χ1n) is 8.56. The van der Waals surface area contributed by atoms with E-state index < -0.39 is 0 Å². The van der Waals surface area contributed by atoms with Gasteiger partial charge >= 0.3 is 0 Å². The summed E-state index contributed by atoms with van der Waals surface area (Å²) in [5.41, 5.74) is 2.50. The van der Waals surface area contributed by atoms with Crippen LogP contribution in [0.25, 0.3) is 22.1 Å². The first kappa shape index (κ1) is 17.9. The zero-order valence-corrected chi connectivity index (χ0v) is 15.9. The van der Waals surface area contributed by atoms with Gasteiger partial charge in [0.1, 0.15) is 5.75 Å². The summed E-state index contributed by atoms with van der Waals surface area (Å²) in [6, 6.07) is 13.0. The van der Waals surface area contributed by atoms with E-state index in [1.165, 1.54) is 11.3 Å². The summed E-state index contributed by atoms with van der Waals surface area (Å²) in [6.45, 7) is 0. The highest BCUT2D eigenvalue weighted by molar-refractivity contribution is 7.14. The fraction of sp³-hybridized carbons (Fsp3) is 0.100. The lowest BCUT2D eigenvalue weighted by atomic mass is 10.1. The van der Waals surface area contributed by atoms with Crippen LogP contribution >= 0.6 is 11.3 Å². The van der Waals surface area contributed by atoms with Crippen LogP contribution in [0.1, 0.15) is 5.56 Å². The maximum atomic E-state index is 12.5. The molecule has 1 amide bonds. The zero-order chi connectivity index (χ0) is 19.3. The highest BCUT2D eigenvalue weighted by Gasteiger charge is 2.15. The van der Waals surface area contributed by atoms with Gasteiger partial charge in [-0.2, -0.15) is 5.10 Å². The third-order valence-electron chi connectivity index (χ3n) is 4.10. The molecular formula is C20H17N5O2S. The number of hydrogen-bond acceptors (Lipinski definition) is 6. The summed E-state index contributed by atoms with van der Waals surface area (Å²) in [5.74, 6) is 1.86. The second-order valence-corrected chi connectivity index (χ2v) is 6.90. The predicted molar refractivity (Wildman–Crippen MR) is 108 cm³/mol. The molecule has 0 radical (unpaired) electrons. The number of methoxy groups -OCH3 is 1. The largest absolute Gasteiger partial charge is 0.497 e. The number of carbonyl (C=O) groups excluding carboxylic acids is 1. The van der Waals surface area contributed by atoms with E-state index in [4.69, 9.17) is 4.74 Å². The van der Waals surface area contributed by atoms with Crippen molar-refractivity contribution < 1.29 is 9.53 Å². The Morgan fingerprint density at radius 2 is 1.93 bits per heavy atom. The second kappa shape index (κ2) is 8.01. The molecule has 0 atom stereocenters. The van der Waals surface area contributed by atoms with E-state index >= 15 is 0 Å². The van der Waals surface area contributed by atoms with Gasteiger partial charge in [0.15, 0.2) is 11.6 Å². The number of rotatable bonds is 6. The molecule has 8 heteroatoms. The van der Waals surface area contributed by atoms with E-state index in [1.54, 1.807) is 19.5 Å². The Morgan fingerprint density at radius 1 is 1.14 bits per heavy atom. The molecule has 0 aliphatic rings. The summed E-state index contributed by atoms with van der Waals surface area (Å²) < 4.78 is 5.14. The molecule has 28 heavy (non-hydrogen) atoms. The Balaban J connectivity index is 1.48. The second-order valence-electron chi connectivity index (χ2n) is 5.98. The van der Waals surface area contributed by atoms with E-state index in [-0.39, 0.29) is 12.3 Å². The fourth-order valence-electron chi connectivity index (χ4n) is 2.71. The number of nitrogens with zero attached hydrogens (tertiary/aromatic N) is 3. The van der Waals surface area contributed by atoms with Gasteiger partial charge in [-0.3, -0.25) is 14.9 Å². The van der Waals surface area contributed by atoms with Crippen molar-refractivity contribution in [3.63, 3.8) is 0 Å². The summed E-state index contributed by atoms with van der Waals surface area (Å²) in [4.78, 5) is 21.8. The topological polar surface area (TPSA) is 92.8 Å². The van der Waals surface area contributed by atoms with Crippen LogP contribution in [0, 0.1) is 0 Å². The van der Waals surface area contributed by atoms with E-state index in [0.717, 1.165) is 21.8 Å². The SMILES string of the molecule is COc1ccc(CC(=O)Nc2ccsc2-c2nc(-c3ccncc3)n[nH]2)cc1. The van der Waals surface area contributed by atoms with Crippen LogP contribution in [0.3, 0.4) is 0 Å². The van der Waals surface area contributed by atoms with Gasteiger partial charge in [-0.25, -0.2) is 4.98 Å². The third-order valence-corrected chi connectivity index (χ3v) is 5.02. The first-order valence-corrected chi connectivity index (χ1v) is 9.44. The van der Waals surface area contributed by atoms with Gasteiger partial charge in [0.25, 0.3) is 0 Å². The van der Waals surface area contributed by atoms with Gasteiger partial charge in [-0.1, -0.05) is 12.1 Å². The molecule has 0 fully saturated rings. The van der Waals surface area contributed by atoms with Crippen molar-refractivity contribution in [3.05, 3.63) is 65.8 Å². The molecule has 140 valence electrons. The molecule has 2 N–H and O–H groups in total. The number of hydrogen-bond donors (Lipinski definition) is 2. The number of aromatic amines is 1. The number of anilines is 1. The van der Waals surface area contributed by atoms with Crippen molar-refractivity contribution in [3.8, 4) is 27.8 Å². The van der Waals surface area contributed by atoms with Crippen LogP contribution in [0.4, 0.5) is 5.69 Å². The van der Waals surface area contributed by atoms with Crippen molar-refractivity contribution in [1.29, 1.82) is 0 Å². The van der Waals surface area contributed by atoms with Gasteiger partial charge in [0, 0.05) is 18.0 Å². The van der Waals surface area contributed by atoms with Crippen LogP contribution in [0.2, 0.25) is 0 Å². The molecule has 0 aliphatic carbocycles. The average Bonchev–Trinajstić information content (AvgIpc) is 3.38. The Kier molecular flexibility index (Phi) is 5.11. The fourth-order valence-corrected chi connectivity index (χ4v) is 3.50. The predicted octanol–water partition coefficient (Wildman–Crippen LogP) is 3.79. The molecule has 1 aromatic carbocycles. The van der Waals surface area contributed by atoms with Gasteiger partial charge in [-0.15, -0.1) is 11.3 Å². The highest BCUT2D eigenvalue weighted by Crippen LogP contribution is 2.32. The van der Waals surface area contributed by atoms with Crippen molar-refractivity contribution in [1.82, 2.24) is 20.2 Å². The van der Waals surface area contributed by atoms with Crippen LogP contribution in [-0.4, -0.2) is 33.2 Å². The summed E-state index contributed by atoms with van der Waals surface area (Å²) in [5, 5.41) is 12.1. The monoisotopic (exact) mass is 391 g/mol. The molecule has 4 rings (SSSR count). The number of carbonyl (C=O) groups is 1. The molecular weight excluding hydrogens is 374 g/mol. The Labute approximate surface area is 165 Å². The minimum atomic E-state index is -0.0984. The van der Waals surface area contributed by atoms with E-state index in [2.05, 4.69) is 25.5 Å². The number of aromatic nitrogens is 4. The minimum Gasteiger partial charge on any atom is -0.497 e. The molecule has 3 heterocycles. The average molecular weight is 391 g/mol. The quantitative estimate of drug-likeness (QED) is 0.522. The maximum absolute atomic E-state index is 12.5. The number of ether oxygens (including phenoxy) is 1. The maximum Gasteiger partial charge on any atom is 0.228 e. The Morgan fingerprint density at radius 3 is 2.68 bits per heavy atom. The molecule has 0 bridgehead atoms. The molecule has 0 aliphatic heterocycles. The van der Waals surface area contributed by atoms with Crippen LogP contribution in [-0.2, 0) is 11.2 Å². The number of H-pyrrole nitrogens is 1. The number of amides is 1. The van der Waals surface area contributed by atoms with Gasteiger partial charge < -0.3 is 10.1 Å². The molecule has 0 saturated heterocycles. The normalized spacial score (nSPS) is 10.6. The van der Waals surface area contributed by atoms with Crippen molar-refractivity contribution in [2.75, 3.05) is 12.4 Å². The van der Waals surface area contributed by atoms with E-state index in [1.807, 2.05) is 47.8 Å². The number of benzene rings is 1. The molecule has 0 spiro atoms. The van der Waals surface area contributed by atoms with Crippen LogP contribution in [0.15, 0.2) is 60.2 Å². The lowest BCUT2D eigenvalue weighted by molar-refractivity contribution is -0.115. The summed E-state index contributed by atoms with van der Waals surface area (Å²) in [6.07, 6.45) is 3.67. The molecule has 4 aromatic rings. The minimum absolute atomic E-state index is 0.0984. The summed E-state index contributed by atoms with van der Waals surface area (Å²) >= 11 is 1.49. The number of pyridine rings is 1. The smallest absolute Gasteiger partial charge is 0.228 e. The number of nitrogens with one attached hydrogen (secondary N) is 2. The van der Waals surface area contributed by atoms with E-state index in [0.29, 0.717) is 17.3 Å². The van der Waals surface area contributed by atoms with Crippen molar-refractivity contribution in [2.24, 2.45) is 0 Å². The zero-order valence-electron chi connectivity index (χ0n) is 15.0. The first-order chi connectivity index (χ1) is 13.7. The molecule has 3 aromatic heterocycles. The summed E-state index contributed by atoms with van der Waals surface area (Å²) in [7, 11) is 1.61. The molecule has 0 unspecified atom stereocenters. The van der Waals surface area contributed by atoms with Crippen molar-refractivity contribution in [2.45, 2.75) is 6.42 Å². The highest BCUT2D eigenvalue weighted by atomic mass is 32.1. The lowest BCUT2D eigenvalue weighted by Gasteiger charge is -2.06. The third kappa shape index (κ3) is 3.91. The standard InChI is InChI=1S/C20H17N5O2S/c1-27-15-4-2-13(3-5-15)12-17(26)22-16-8-11-28-18(16)20-23-19(24-25-20)14-6-9-21-10-7-14/h2-11H,12H2,1H3,(H,22,26)(H,23,24,25). The van der Waals surface area contributed by atoms with Crippen molar-refractivity contribution >= 4 is 22.9 Å².